The van der Waals surface area contributed by atoms with E-state index in [2.05, 4.69) is 10.6 Å². The predicted molar refractivity (Wildman–Crippen MR) is 122 cm³/mol. The number of imide groups is 1. The van der Waals surface area contributed by atoms with Gasteiger partial charge in [0, 0.05) is 23.9 Å². The van der Waals surface area contributed by atoms with Gasteiger partial charge in [0.2, 0.25) is 10.0 Å². The van der Waals surface area contributed by atoms with Gasteiger partial charge in [0.25, 0.3) is 11.8 Å². The molecule has 4 rings (SSSR count). The third kappa shape index (κ3) is 4.46. The monoisotopic (exact) mass is 447 g/mol. The summed E-state index contributed by atoms with van der Waals surface area (Å²) in [5.41, 5.74) is 5.12. The number of carbonyl (C=O) groups is 2. The van der Waals surface area contributed by atoms with Gasteiger partial charge in [0.15, 0.2) is 0 Å². The van der Waals surface area contributed by atoms with Crippen LogP contribution in [0.4, 0.5) is 0 Å². The van der Waals surface area contributed by atoms with E-state index in [9.17, 15) is 18.0 Å². The van der Waals surface area contributed by atoms with Gasteiger partial charge in [0.05, 0.1) is 10.5 Å². The summed E-state index contributed by atoms with van der Waals surface area (Å²) in [5, 5.41) is 10.5. The average molecular weight is 448 g/mol. The number of sulfonamides is 1. The Morgan fingerprint density at radius 2 is 1.62 bits per heavy atom. The van der Waals surface area contributed by atoms with E-state index in [0.717, 1.165) is 22.3 Å². The first-order chi connectivity index (χ1) is 15.2. The van der Waals surface area contributed by atoms with Gasteiger partial charge < -0.3 is 5.32 Å². The lowest BCUT2D eigenvalue weighted by atomic mass is 9.91. The second-order valence-electron chi connectivity index (χ2n) is 7.54. The van der Waals surface area contributed by atoms with Gasteiger partial charge in [-0.1, -0.05) is 48.0 Å². The first-order valence-electron chi connectivity index (χ1n) is 9.85. The number of benzene rings is 3. The Kier molecular flexibility index (Phi) is 5.65. The Morgan fingerprint density at radius 3 is 2.31 bits per heavy atom. The van der Waals surface area contributed by atoms with Gasteiger partial charge in [-0.3, -0.25) is 14.9 Å². The highest BCUT2D eigenvalue weighted by atomic mass is 32.2. The highest BCUT2D eigenvalue weighted by Crippen LogP contribution is 2.29. The molecule has 0 atom stereocenters. The van der Waals surface area contributed by atoms with Crippen molar-refractivity contribution >= 4 is 27.4 Å². The summed E-state index contributed by atoms with van der Waals surface area (Å²) in [5.74, 6) is -0.919. The number of amides is 2. The van der Waals surface area contributed by atoms with Crippen LogP contribution in [0.1, 0.15) is 27.0 Å². The molecule has 1 aliphatic heterocycles. The number of hydrogen-bond donors (Lipinski definition) is 3. The molecule has 3 aromatic carbocycles. The molecular weight excluding hydrogens is 426 g/mol. The van der Waals surface area contributed by atoms with Crippen LogP contribution in [0.5, 0.6) is 0 Å². The van der Waals surface area contributed by atoms with Crippen LogP contribution >= 0.6 is 0 Å². The van der Waals surface area contributed by atoms with Crippen LogP contribution < -0.4 is 15.8 Å². The fraction of sp³-hybridized carbons (Fsp3) is 0.0833. The second-order valence-corrected chi connectivity index (χ2v) is 9.10. The molecule has 1 heterocycles. The molecule has 0 saturated heterocycles. The number of aryl methyl sites for hydroxylation is 1. The Morgan fingerprint density at radius 1 is 0.906 bits per heavy atom. The van der Waals surface area contributed by atoms with Crippen molar-refractivity contribution in [3.05, 3.63) is 95.2 Å². The van der Waals surface area contributed by atoms with Crippen molar-refractivity contribution in [1.29, 1.82) is 0 Å². The molecule has 162 valence electrons. The molecule has 4 N–H and O–H groups in total. The molecule has 0 unspecified atom stereocenters. The van der Waals surface area contributed by atoms with E-state index >= 15 is 0 Å². The minimum atomic E-state index is -3.75. The quantitative estimate of drug-likeness (QED) is 0.411. The summed E-state index contributed by atoms with van der Waals surface area (Å²) < 4.78 is 22.7. The molecule has 0 spiro atoms. The van der Waals surface area contributed by atoms with Crippen molar-refractivity contribution in [2.45, 2.75) is 18.4 Å². The molecule has 2 amide bonds. The van der Waals surface area contributed by atoms with Gasteiger partial charge in [-0.2, -0.15) is 0 Å². The van der Waals surface area contributed by atoms with Crippen LogP contribution in [0.25, 0.3) is 16.7 Å². The van der Waals surface area contributed by atoms with E-state index < -0.39 is 21.8 Å². The van der Waals surface area contributed by atoms with E-state index in [1.165, 1.54) is 12.1 Å². The van der Waals surface area contributed by atoms with Crippen molar-refractivity contribution in [3.8, 4) is 11.1 Å². The maximum Gasteiger partial charge on any atom is 0.260 e. The molecule has 7 nitrogen and oxygen atoms in total. The van der Waals surface area contributed by atoms with E-state index in [1.54, 1.807) is 24.4 Å². The molecule has 8 heteroatoms. The lowest BCUT2D eigenvalue weighted by Crippen LogP contribution is -2.37. The van der Waals surface area contributed by atoms with E-state index in [0.29, 0.717) is 23.2 Å². The summed E-state index contributed by atoms with van der Waals surface area (Å²) >= 11 is 0. The maximum absolute atomic E-state index is 12.5. The van der Waals surface area contributed by atoms with E-state index in [-0.39, 0.29) is 4.90 Å². The molecule has 0 radical (unpaired) electrons. The Bertz CT molecular complexity index is 1360. The van der Waals surface area contributed by atoms with Crippen molar-refractivity contribution in [1.82, 2.24) is 10.6 Å². The van der Waals surface area contributed by atoms with Gasteiger partial charge in [0.1, 0.15) is 0 Å². The number of nitrogens with one attached hydrogen (secondary N) is 2. The first kappa shape index (κ1) is 21.5. The predicted octanol–water partition coefficient (Wildman–Crippen LogP) is 2.71. The van der Waals surface area contributed by atoms with Gasteiger partial charge in [-0.15, -0.1) is 0 Å². The van der Waals surface area contributed by atoms with Crippen LogP contribution in [-0.2, 0) is 21.4 Å². The molecule has 0 bridgehead atoms. The van der Waals surface area contributed by atoms with Crippen LogP contribution in [0.3, 0.4) is 0 Å². The summed E-state index contributed by atoms with van der Waals surface area (Å²) in [6, 6.07) is 19.5. The smallest absolute Gasteiger partial charge is 0.260 e. The Hall–Kier alpha value is -3.75. The molecule has 1 aliphatic rings. The molecule has 3 aromatic rings. The molecule has 0 fully saturated rings. The fourth-order valence-electron chi connectivity index (χ4n) is 3.54. The minimum Gasteiger partial charge on any atom is -0.386 e. The largest absolute Gasteiger partial charge is 0.386 e. The van der Waals surface area contributed by atoms with Crippen LogP contribution in [0.2, 0.25) is 0 Å². The summed E-state index contributed by atoms with van der Waals surface area (Å²) in [7, 11) is -3.75. The zero-order chi connectivity index (χ0) is 22.9. The lowest BCUT2D eigenvalue weighted by Gasteiger charge is -2.19. The topological polar surface area (TPSA) is 118 Å². The van der Waals surface area contributed by atoms with Crippen LogP contribution in [-0.4, -0.2) is 20.2 Å². The second kappa shape index (κ2) is 8.41. The normalized spacial score (nSPS) is 14.8. The zero-order valence-electron chi connectivity index (χ0n) is 17.3. The molecular formula is C24H21N3O4S. The van der Waals surface area contributed by atoms with Gasteiger partial charge in [-0.25, -0.2) is 13.6 Å². The Balaban J connectivity index is 1.62. The van der Waals surface area contributed by atoms with Crippen LogP contribution in [0, 0.1) is 6.92 Å². The number of hydrogen-bond acceptors (Lipinski definition) is 5. The third-order valence-electron chi connectivity index (χ3n) is 5.18. The lowest BCUT2D eigenvalue weighted by molar-refractivity contribution is -0.114. The zero-order valence-corrected chi connectivity index (χ0v) is 18.1. The molecule has 0 saturated carbocycles. The average Bonchev–Trinajstić information content (AvgIpc) is 2.75. The molecule has 32 heavy (non-hydrogen) atoms. The SMILES string of the molecule is Cc1cccc(-c2ccc3c(c2)/C(=C/NCc2ccc(S(N)(=O)=O)cc2)C(=O)NC3=O)c1. The summed E-state index contributed by atoms with van der Waals surface area (Å²) in [6.45, 7) is 2.35. The van der Waals surface area contributed by atoms with Crippen LogP contribution in [0.15, 0.2) is 77.8 Å². The Labute approximate surface area is 186 Å². The summed E-state index contributed by atoms with van der Waals surface area (Å²) in [6.07, 6.45) is 1.56. The summed E-state index contributed by atoms with van der Waals surface area (Å²) in [4.78, 5) is 24.9. The fourth-order valence-corrected chi connectivity index (χ4v) is 4.06. The number of nitrogens with two attached hydrogens (primary N) is 1. The van der Waals surface area contributed by atoms with Crippen molar-refractivity contribution < 1.29 is 18.0 Å². The van der Waals surface area contributed by atoms with Gasteiger partial charge in [-0.05, 0) is 47.9 Å². The van der Waals surface area contributed by atoms with Crippen molar-refractivity contribution in [3.63, 3.8) is 0 Å². The third-order valence-corrected chi connectivity index (χ3v) is 6.11. The number of rotatable bonds is 5. The van der Waals surface area contributed by atoms with Gasteiger partial charge >= 0.3 is 0 Å². The van der Waals surface area contributed by atoms with E-state index in [4.69, 9.17) is 5.14 Å². The standard InChI is InChI=1S/C24H21N3O4S/c1-15-3-2-4-17(11-15)18-7-10-20-21(12-18)22(24(29)27-23(20)28)14-26-13-16-5-8-19(9-6-16)32(25,30)31/h2-12,14,26H,13H2,1H3,(H2,25,30,31)(H,27,28,29)/b22-14-. The van der Waals surface area contributed by atoms with Crippen molar-refractivity contribution in [2.75, 3.05) is 0 Å². The number of fused-ring (bicyclic) bond motifs is 1. The highest BCUT2D eigenvalue weighted by molar-refractivity contribution is 7.89. The minimum absolute atomic E-state index is 0.0300. The van der Waals surface area contributed by atoms with E-state index in [1.807, 2.05) is 43.3 Å². The highest BCUT2D eigenvalue weighted by Gasteiger charge is 2.27. The maximum atomic E-state index is 12.5. The molecule has 0 aliphatic carbocycles. The number of primary sulfonamides is 1. The molecule has 0 aromatic heterocycles. The first-order valence-corrected chi connectivity index (χ1v) is 11.4. The number of carbonyl (C=O) groups excluding carboxylic acids is 2. The van der Waals surface area contributed by atoms with Crippen molar-refractivity contribution in [2.24, 2.45) is 5.14 Å².